The predicted molar refractivity (Wildman–Crippen MR) is 53.1 cm³/mol. The zero-order valence-electron chi connectivity index (χ0n) is 7.98. The molecule has 0 aromatic carbocycles. The average molecular weight is 177 g/mol. The van der Waals surface area contributed by atoms with Crippen molar-refractivity contribution in [2.75, 3.05) is 6.54 Å². The van der Waals surface area contributed by atoms with Crippen molar-refractivity contribution in [2.24, 2.45) is 4.99 Å². The molecule has 0 saturated heterocycles. The van der Waals surface area contributed by atoms with Crippen LogP contribution in [0.1, 0.15) is 13.3 Å². The van der Waals surface area contributed by atoms with Crippen molar-refractivity contribution in [2.45, 2.75) is 19.9 Å². The van der Waals surface area contributed by atoms with Gasteiger partial charge in [0.05, 0.1) is 6.54 Å². The molecule has 3 heteroatoms. The second-order valence-corrected chi connectivity index (χ2v) is 2.74. The van der Waals surface area contributed by atoms with E-state index in [1.807, 2.05) is 16.8 Å². The first kappa shape index (κ1) is 9.71. The molecule has 0 aliphatic carbocycles. The van der Waals surface area contributed by atoms with E-state index in [9.17, 15) is 0 Å². The molecule has 0 spiro atoms. The summed E-state index contributed by atoms with van der Waals surface area (Å²) in [5.41, 5.74) is 0.782. The van der Waals surface area contributed by atoms with Crippen molar-refractivity contribution in [3.05, 3.63) is 36.7 Å². The van der Waals surface area contributed by atoms with Gasteiger partial charge in [-0.05, 0) is 12.5 Å². The van der Waals surface area contributed by atoms with Crippen molar-refractivity contribution in [3.8, 4) is 0 Å². The fourth-order valence-corrected chi connectivity index (χ4v) is 1.09. The van der Waals surface area contributed by atoms with Crippen LogP contribution in [0.25, 0.3) is 0 Å². The zero-order valence-corrected chi connectivity index (χ0v) is 7.98. The summed E-state index contributed by atoms with van der Waals surface area (Å²) in [5, 5.41) is 0. The number of nitrogens with zero attached hydrogens (tertiary/aromatic N) is 3. The second kappa shape index (κ2) is 5.30. The van der Waals surface area contributed by atoms with E-state index in [-0.39, 0.29) is 0 Å². The Kier molecular flexibility index (Phi) is 3.96. The molecule has 1 aromatic heterocycles. The van der Waals surface area contributed by atoms with Crippen LogP contribution in [0.3, 0.4) is 0 Å². The molecule has 13 heavy (non-hydrogen) atoms. The Morgan fingerprint density at radius 2 is 2.54 bits per heavy atom. The number of hydrogen-bond acceptors (Lipinski definition) is 2. The number of aryl methyl sites for hydroxylation is 1. The van der Waals surface area contributed by atoms with Crippen molar-refractivity contribution >= 4 is 0 Å². The van der Waals surface area contributed by atoms with E-state index in [0.29, 0.717) is 6.54 Å². The summed E-state index contributed by atoms with van der Waals surface area (Å²) in [4.78, 5) is 8.46. The summed E-state index contributed by atoms with van der Waals surface area (Å²) in [6.07, 6.45) is 6.62. The van der Waals surface area contributed by atoms with Gasteiger partial charge < -0.3 is 4.57 Å². The lowest BCUT2D eigenvalue weighted by Crippen LogP contribution is -2.23. The molecule has 70 valence electrons. The van der Waals surface area contributed by atoms with Crippen LogP contribution in [0.15, 0.2) is 36.1 Å². The van der Waals surface area contributed by atoms with E-state index >= 15 is 0 Å². The van der Waals surface area contributed by atoms with Crippen LogP contribution in [0.4, 0.5) is 0 Å². The van der Waals surface area contributed by atoms with Crippen LogP contribution >= 0.6 is 0 Å². The van der Waals surface area contributed by atoms with E-state index in [1.165, 1.54) is 0 Å². The number of aromatic nitrogens is 2. The molecule has 1 rings (SSSR count). The molecular weight excluding hydrogens is 162 g/mol. The monoisotopic (exact) mass is 177 g/mol. The minimum Gasteiger partial charge on any atom is -0.317 e. The molecule has 0 amide bonds. The van der Waals surface area contributed by atoms with Gasteiger partial charge in [0, 0.05) is 18.9 Å². The first-order valence-electron chi connectivity index (χ1n) is 4.51. The van der Waals surface area contributed by atoms with Crippen molar-refractivity contribution < 1.29 is 0 Å². The number of rotatable bonds is 4. The largest absolute Gasteiger partial charge is 0.317 e. The van der Waals surface area contributed by atoms with Gasteiger partial charge in [-0.15, -0.1) is 6.58 Å². The van der Waals surface area contributed by atoms with Gasteiger partial charge in [-0.3, -0.25) is 0 Å². The van der Waals surface area contributed by atoms with Gasteiger partial charge in [0.15, 0.2) is 0 Å². The van der Waals surface area contributed by atoms with Crippen LogP contribution in [-0.2, 0) is 6.54 Å². The fraction of sp³-hybridized carbons (Fsp3) is 0.400. The first-order chi connectivity index (χ1) is 6.38. The summed E-state index contributed by atoms with van der Waals surface area (Å²) in [5.74, 6) is 0. The van der Waals surface area contributed by atoms with Crippen LogP contribution in [0, 0.1) is 0 Å². The second-order valence-electron chi connectivity index (χ2n) is 2.74. The van der Waals surface area contributed by atoms with E-state index < -0.39 is 0 Å². The van der Waals surface area contributed by atoms with Crippen molar-refractivity contribution in [1.29, 1.82) is 0 Å². The van der Waals surface area contributed by atoms with Crippen LogP contribution in [0.2, 0.25) is 0 Å². The van der Waals surface area contributed by atoms with Crippen molar-refractivity contribution in [3.63, 3.8) is 0 Å². The highest BCUT2D eigenvalue weighted by Crippen LogP contribution is 1.83. The van der Waals surface area contributed by atoms with Gasteiger partial charge in [-0.1, -0.05) is 13.0 Å². The maximum Gasteiger partial charge on any atom is 0.224 e. The van der Waals surface area contributed by atoms with E-state index in [1.54, 1.807) is 12.3 Å². The molecule has 0 aliphatic heterocycles. The Morgan fingerprint density at radius 3 is 3.23 bits per heavy atom. The van der Waals surface area contributed by atoms with E-state index in [4.69, 9.17) is 0 Å². The molecule has 1 heterocycles. The average Bonchev–Trinajstić information content (AvgIpc) is 2.17. The summed E-state index contributed by atoms with van der Waals surface area (Å²) in [7, 11) is 0. The lowest BCUT2D eigenvalue weighted by atomic mass is 10.5. The summed E-state index contributed by atoms with van der Waals surface area (Å²) < 4.78 is 2.05. The zero-order chi connectivity index (χ0) is 9.52. The summed E-state index contributed by atoms with van der Waals surface area (Å²) >= 11 is 0. The molecule has 0 bridgehead atoms. The van der Waals surface area contributed by atoms with Gasteiger partial charge in [0.25, 0.3) is 0 Å². The molecule has 0 fully saturated rings. The predicted octanol–water partition coefficient (Wildman–Crippen LogP) is 1.38. The molecule has 3 nitrogen and oxygen atoms in total. The SMILES string of the molecule is C=CCN=c1ncccn1CCC. The van der Waals surface area contributed by atoms with Crippen LogP contribution in [-0.4, -0.2) is 16.1 Å². The summed E-state index contributed by atoms with van der Waals surface area (Å²) in [6, 6.07) is 1.92. The van der Waals surface area contributed by atoms with Crippen LogP contribution < -0.4 is 5.62 Å². The Morgan fingerprint density at radius 1 is 1.69 bits per heavy atom. The smallest absolute Gasteiger partial charge is 0.224 e. The van der Waals surface area contributed by atoms with Crippen LogP contribution in [0.5, 0.6) is 0 Å². The molecule has 0 unspecified atom stereocenters. The van der Waals surface area contributed by atoms with Gasteiger partial charge in [0.1, 0.15) is 0 Å². The van der Waals surface area contributed by atoms with Gasteiger partial charge in [-0.25, -0.2) is 9.98 Å². The molecule has 1 aromatic rings. The van der Waals surface area contributed by atoms with Gasteiger partial charge in [0.2, 0.25) is 5.62 Å². The topological polar surface area (TPSA) is 30.2 Å². The Balaban J connectivity index is 2.96. The molecule has 0 radical (unpaired) electrons. The molecule has 0 atom stereocenters. The van der Waals surface area contributed by atoms with E-state index in [2.05, 4.69) is 23.5 Å². The van der Waals surface area contributed by atoms with Crippen molar-refractivity contribution in [1.82, 2.24) is 9.55 Å². The maximum atomic E-state index is 4.28. The molecular formula is C10H15N3. The fourth-order valence-electron chi connectivity index (χ4n) is 1.09. The van der Waals surface area contributed by atoms with Gasteiger partial charge >= 0.3 is 0 Å². The summed E-state index contributed by atoms with van der Waals surface area (Å²) in [6.45, 7) is 7.34. The Bertz CT molecular complexity index is 325. The molecule has 0 aliphatic rings. The number of hydrogen-bond donors (Lipinski definition) is 0. The highest BCUT2D eigenvalue weighted by atomic mass is 15.1. The molecule has 0 saturated carbocycles. The maximum absolute atomic E-state index is 4.28. The third kappa shape index (κ3) is 2.86. The Hall–Kier alpha value is -1.38. The quantitative estimate of drug-likeness (QED) is 0.639. The highest BCUT2D eigenvalue weighted by molar-refractivity contribution is 4.81. The lowest BCUT2D eigenvalue weighted by molar-refractivity contribution is 0.618. The standard InChI is InChI=1S/C10H15N3/c1-3-6-11-10-12-7-5-9-13(10)8-4-2/h3,5,7,9H,1,4,6,8H2,2H3. The minimum atomic E-state index is 0.626. The minimum absolute atomic E-state index is 0.626. The normalized spacial score (nSPS) is 11.6. The molecule has 0 N–H and O–H groups in total. The third-order valence-electron chi connectivity index (χ3n) is 1.63. The third-order valence-corrected chi connectivity index (χ3v) is 1.63. The van der Waals surface area contributed by atoms with Gasteiger partial charge in [-0.2, -0.15) is 0 Å². The first-order valence-corrected chi connectivity index (χ1v) is 4.51. The van der Waals surface area contributed by atoms with E-state index in [0.717, 1.165) is 18.6 Å². The highest BCUT2D eigenvalue weighted by Gasteiger charge is 1.89. The lowest BCUT2D eigenvalue weighted by Gasteiger charge is -2.02. The Labute approximate surface area is 78.5 Å².